The zero-order valence-corrected chi connectivity index (χ0v) is 12.1. The summed E-state index contributed by atoms with van der Waals surface area (Å²) in [5.74, 6) is 0.829. The van der Waals surface area contributed by atoms with Crippen molar-refractivity contribution in [1.29, 1.82) is 5.26 Å². The van der Waals surface area contributed by atoms with Gasteiger partial charge in [-0.2, -0.15) is 10.4 Å². The Morgan fingerprint density at radius 2 is 2.29 bits per heavy atom. The minimum atomic E-state index is 0.479. The molecule has 2 heterocycles. The molecule has 0 saturated heterocycles. The van der Waals surface area contributed by atoms with Crippen LogP contribution < -0.4 is 10.1 Å². The number of nitriles is 1. The van der Waals surface area contributed by atoms with Gasteiger partial charge < -0.3 is 10.1 Å². The van der Waals surface area contributed by atoms with Crippen molar-refractivity contribution in [2.75, 3.05) is 13.7 Å². The van der Waals surface area contributed by atoms with Crippen LogP contribution in [0.15, 0.2) is 24.3 Å². The maximum absolute atomic E-state index is 8.81. The number of methoxy groups -OCH3 is 1. The summed E-state index contributed by atoms with van der Waals surface area (Å²) in [6.45, 7) is 2.42. The number of para-hydroxylation sites is 1. The number of benzene rings is 1. The molecule has 1 aliphatic heterocycles. The minimum absolute atomic E-state index is 0.479. The van der Waals surface area contributed by atoms with Crippen LogP contribution in [-0.4, -0.2) is 23.4 Å². The first-order valence-electron chi connectivity index (χ1n) is 7.14. The van der Waals surface area contributed by atoms with Crippen LogP contribution in [0.5, 0.6) is 5.75 Å². The third-order valence-corrected chi connectivity index (χ3v) is 3.80. The average molecular weight is 282 g/mol. The molecule has 0 atom stereocenters. The van der Waals surface area contributed by atoms with Crippen molar-refractivity contribution in [3.8, 4) is 23.1 Å². The normalized spacial score (nSPS) is 13.5. The summed E-state index contributed by atoms with van der Waals surface area (Å²) in [5, 5.41) is 17.0. The second-order valence-corrected chi connectivity index (χ2v) is 5.03. The Bertz CT molecular complexity index is 684. The third-order valence-electron chi connectivity index (χ3n) is 3.80. The lowest BCUT2D eigenvalue weighted by Gasteiger charge is -2.15. The van der Waals surface area contributed by atoms with Gasteiger partial charge in [-0.3, -0.25) is 4.68 Å². The SMILES string of the molecule is COc1ccccc1-c1nn(CCC#N)c2c1CNCC2. The topological polar surface area (TPSA) is 62.9 Å². The fraction of sp³-hybridized carbons (Fsp3) is 0.375. The highest BCUT2D eigenvalue weighted by molar-refractivity contribution is 5.71. The van der Waals surface area contributed by atoms with Gasteiger partial charge in [-0.25, -0.2) is 0 Å². The molecule has 1 aromatic heterocycles. The predicted molar refractivity (Wildman–Crippen MR) is 79.9 cm³/mol. The standard InChI is InChI=1S/C16H18N4O/c1-21-15-6-3-2-5-12(15)16-13-11-18-9-7-14(13)20(19-16)10-4-8-17/h2-3,5-6,18H,4,7,9-11H2,1H3. The second kappa shape index (κ2) is 5.98. The van der Waals surface area contributed by atoms with E-state index < -0.39 is 0 Å². The van der Waals surface area contributed by atoms with E-state index in [2.05, 4.69) is 11.4 Å². The Hall–Kier alpha value is -2.32. The summed E-state index contributed by atoms with van der Waals surface area (Å²) in [7, 11) is 1.68. The van der Waals surface area contributed by atoms with Crippen LogP contribution >= 0.6 is 0 Å². The van der Waals surface area contributed by atoms with Crippen LogP contribution in [0.3, 0.4) is 0 Å². The van der Waals surface area contributed by atoms with Gasteiger partial charge in [-0.05, 0) is 12.1 Å². The van der Waals surface area contributed by atoms with Crippen LogP contribution in [0, 0.1) is 11.3 Å². The summed E-state index contributed by atoms with van der Waals surface area (Å²) < 4.78 is 7.45. The summed E-state index contributed by atoms with van der Waals surface area (Å²) in [4.78, 5) is 0. The van der Waals surface area contributed by atoms with Crippen molar-refractivity contribution in [3.63, 3.8) is 0 Å². The lowest BCUT2D eigenvalue weighted by atomic mass is 10.0. The van der Waals surface area contributed by atoms with Crippen LogP contribution in [0.1, 0.15) is 17.7 Å². The Morgan fingerprint density at radius 1 is 1.43 bits per heavy atom. The zero-order chi connectivity index (χ0) is 14.7. The molecule has 0 unspecified atom stereocenters. The number of hydrogen-bond acceptors (Lipinski definition) is 4. The van der Waals surface area contributed by atoms with Crippen molar-refractivity contribution in [2.24, 2.45) is 0 Å². The van der Waals surface area contributed by atoms with Gasteiger partial charge in [0.05, 0.1) is 26.1 Å². The van der Waals surface area contributed by atoms with Gasteiger partial charge in [0, 0.05) is 36.3 Å². The lowest BCUT2D eigenvalue weighted by molar-refractivity contribution is 0.416. The highest BCUT2D eigenvalue weighted by Gasteiger charge is 2.22. The van der Waals surface area contributed by atoms with E-state index >= 15 is 0 Å². The molecule has 0 bridgehead atoms. The van der Waals surface area contributed by atoms with Gasteiger partial charge in [0.25, 0.3) is 0 Å². The van der Waals surface area contributed by atoms with E-state index in [1.165, 1.54) is 11.3 Å². The number of aryl methyl sites for hydroxylation is 1. The summed E-state index contributed by atoms with van der Waals surface area (Å²) >= 11 is 0. The molecule has 5 nitrogen and oxygen atoms in total. The summed E-state index contributed by atoms with van der Waals surface area (Å²) in [6, 6.07) is 10.1. The molecule has 0 fully saturated rings. The third kappa shape index (κ3) is 2.50. The molecule has 21 heavy (non-hydrogen) atoms. The molecule has 0 amide bonds. The lowest BCUT2D eigenvalue weighted by Crippen LogP contribution is -2.25. The van der Waals surface area contributed by atoms with E-state index in [0.29, 0.717) is 13.0 Å². The Kier molecular flexibility index (Phi) is 3.89. The van der Waals surface area contributed by atoms with Crippen LogP contribution in [0.4, 0.5) is 0 Å². The van der Waals surface area contributed by atoms with E-state index in [4.69, 9.17) is 15.1 Å². The number of rotatable bonds is 4. The smallest absolute Gasteiger partial charge is 0.128 e. The Labute approximate surface area is 124 Å². The molecule has 0 spiro atoms. The first-order chi connectivity index (χ1) is 10.3. The van der Waals surface area contributed by atoms with Crippen molar-refractivity contribution in [2.45, 2.75) is 25.9 Å². The monoisotopic (exact) mass is 282 g/mol. The van der Waals surface area contributed by atoms with Gasteiger partial charge >= 0.3 is 0 Å². The minimum Gasteiger partial charge on any atom is -0.496 e. The largest absolute Gasteiger partial charge is 0.496 e. The van der Waals surface area contributed by atoms with Crippen LogP contribution in [0.2, 0.25) is 0 Å². The Morgan fingerprint density at radius 3 is 3.10 bits per heavy atom. The van der Waals surface area contributed by atoms with E-state index in [9.17, 15) is 0 Å². The van der Waals surface area contributed by atoms with Gasteiger partial charge in [-0.1, -0.05) is 12.1 Å². The molecule has 1 N–H and O–H groups in total. The van der Waals surface area contributed by atoms with E-state index in [-0.39, 0.29) is 0 Å². The molecular weight excluding hydrogens is 264 g/mol. The number of aromatic nitrogens is 2. The van der Waals surface area contributed by atoms with E-state index in [1.807, 2.05) is 28.9 Å². The zero-order valence-electron chi connectivity index (χ0n) is 12.1. The van der Waals surface area contributed by atoms with E-state index in [0.717, 1.165) is 36.5 Å². The van der Waals surface area contributed by atoms with Crippen LogP contribution in [0.25, 0.3) is 11.3 Å². The molecule has 0 saturated carbocycles. The molecule has 5 heteroatoms. The van der Waals surface area contributed by atoms with Gasteiger partial charge in [0.2, 0.25) is 0 Å². The average Bonchev–Trinajstić information content (AvgIpc) is 2.91. The van der Waals surface area contributed by atoms with Gasteiger partial charge in [-0.15, -0.1) is 0 Å². The highest BCUT2D eigenvalue weighted by atomic mass is 16.5. The van der Waals surface area contributed by atoms with Crippen molar-refractivity contribution in [3.05, 3.63) is 35.5 Å². The quantitative estimate of drug-likeness (QED) is 0.933. The molecule has 1 aromatic carbocycles. The molecule has 2 aromatic rings. The van der Waals surface area contributed by atoms with Crippen molar-refractivity contribution in [1.82, 2.24) is 15.1 Å². The number of nitrogens with one attached hydrogen (secondary N) is 1. The van der Waals surface area contributed by atoms with Gasteiger partial charge in [0.1, 0.15) is 11.4 Å². The van der Waals surface area contributed by atoms with Gasteiger partial charge in [0.15, 0.2) is 0 Å². The molecule has 0 aliphatic carbocycles. The fourth-order valence-corrected chi connectivity index (χ4v) is 2.82. The summed E-state index contributed by atoms with van der Waals surface area (Å²) in [6.07, 6.45) is 1.43. The van der Waals surface area contributed by atoms with E-state index in [1.54, 1.807) is 7.11 Å². The fourth-order valence-electron chi connectivity index (χ4n) is 2.82. The highest BCUT2D eigenvalue weighted by Crippen LogP contribution is 2.33. The predicted octanol–water partition coefficient (Wildman–Crippen LogP) is 2.12. The number of hydrogen-bond donors (Lipinski definition) is 1. The van der Waals surface area contributed by atoms with Crippen LogP contribution in [-0.2, 0) is 19.5 Å². The second-order valence-electron chi connectivity index (χ2n) is 5.03. The number of fused-ring (bicyclic) bond motifs is 1. The molecule has 1 aliphatic rings. The molecule has 108 valence electrons. The maximum Gasteiger partial charge on any atom is 0.128 e. The Balaban J connectivity index is 2.10. The molecule has 0 radical (unpaired) electrons. The first kappa shape index (κ1) is 13.7. The summed E-state index contributed by atoms with van der Waals surface area (Å²) in [5.41, 5.74) is 4.44. The molecular formula is C16H18N4O. The van der Waals surface area contributed by atoms with Crippen molar-refractivity contribution >= 4 is 0 Å². The number of nitrogens with zero attached hydrogens (tertiary/aromatic N) is 3. The molecule has 3 rings (SSSR count). The first-order valence-corrected chi connectivity index (χ1v) is 7.14. The van der Waals surface area contributed by atoms with Crippen molar-refractivity contribution < 1.29 is 4.74 Å². The maximum atomic E-state index is 8.81. The number of ether oxygens (including phenoxy) is 1.